The van der Waals surface area contributed by atoms with Gasteiger partial charge in [-0.2, -0.15) is 9.97 Å². The normalized spacial score (nSPS) is 16.1. The number of anilines is 4. The highest BCUT2D eigenvalue weighted by molar-refractivity contribution is 5.89. The largest absolute Gasteiger partial charge is 0.338 e. The van der Waals surface area contributed by atoms with Gasteiger partial charge in [0, 0.05) is 37.4 Å². The van der Waals surface area contributed by atoms with E-state index in [-0.39, 0.29) is 5.91 Å². The molecule has 1 aliphatic heterocycles. The van der Waals surface area contributed by atoms with Crippen molar-refractivity contribution in [2.75, 3.05) is 22.1 Å². The SMILES string of the molecule is CC(=O)Nc1ccc(Nc2nc(N3CCc4ccccc4C3)nc3c2ncn3C2CCCCC2)cc1. The summed E-state index contributed by atoms with van der Waals surface area (Å²) in [5.41, 5.74) is 6.05. The van der Waals surface area contributed by atoms with Gasteiger partial charge >= 0.3 is 0 Å². The van der Waals surface area contributed by atoms with Crippen LogP contribution in [-0.4, -0.2) is 32.0 Å². The van der Waals surface area contributed by atoms with Gasteiger partial charge in [0.25, 0.3) is 0 Å². The van der Waals surface area contributed by atoms with Gasteiger partial charge in [0.2, 0.25) is 11.9 Å². The van der Waals surface area contributed by atoms with Crippen molar-refractivity contribution in [2.45, 2.75) is 58.0 Å². The van der Waals surface area contributed by atoms with Gasteiger partial charge in [0.1, 0.15) is 0 Å². The minimum atomic E-state index is -0.0887. The average Bonchev–Trinajstić information content (AvgIpc) is 3.34. The highest BCUT2D eigenvalue weighted by Crippen LogP contribution is 2.34. The molecule has 1 fully saturated rings. The topological polar surface area (TPSA) is 88.0 Å². The van der Waals surface area contributed by atoms with E-state index < -0.39 is 0 Å². The third-order valence-corrected chi connectivity index (χ3v) is 7.26. The van der Waals surface area contributed by atoms with Crippen LogP contribution in [0.4, 0.5) is 23.1 Å². The molecule has 184 valence electrons. The molecule has 1 amide bonds. The van der Waals surface area contributed by atoms with Crippen LogP contribution in [0.15, 0.2) is 54.9 Å². The molecule has 2 aromatic heterocycles. The van der Waals surface area contributed by atoms with Crippen molar-refractivity contribution in [3.63, 3.8) is 0 Å². The molecule has 0 bridgehead atoms. The first-order valence-electron chi connectivity index (χ1n) is 12.8. The molecule has 4 aromatic rings. The smallest absolute Gasteiger partial charge is 0.229 e. The third kappa shape index (κ3) is 4.51. The maximum Gasteiger partial charge on any atom is 0.229 e. The summed E-state index contributed by atoms with van der Waals surface area (Å²) >= 11 is 0. The van der Waals surface area contributed by atoms with Crippen LogP contribution in [0, 0.1) is 0 Å². The molecule has 0 saturated heterocycles. The van der Waals surface area contributed by atoms with Crippen LogP contribution in [0.25, 0.3) is 11.2 Å². The second kappa shape index (κ2) is 9.60. The summed E-state index contributed by atoms with van der Waals surface area (Å²) in [6.07, 6.45) is 9.04. The third-order valence-electron chi connectivity index (χ3n) is 7.26. The summed E-state index contributed by atoms with van der Waals surface area (Å²) in [4.78, 5) is 28.5. The van der Waals surface area contributed by atoms with Crippen molar-refractivity contribution in [1.82, 2.24) is 19.5 Å². The summed E-state index contributed by atoms with van der Waals surface area (Å²) in [7, 11) is 0. The molecule has 2 aliphatic rings. The molecule has 1 aliphatic carbocycles. The molecule has 6 rings (SSSR count). The first-order valence-corrected chi connectivity index (χ1v) is 12.8. The highest BCUT2D eigenvalue weighted by Gasteiger charge is 2.24. The molecule has 0 atom stereocenters. The molecule has 0 unspecified atom stereocenters. The Bertz CT molecular complexity index is 1390. The monoisotopic (exact) mass is 481 g/mol. The van der Waals surface area contributed by atoms with E-state index in [1.165, 1.54) is 37.3 Å². The first-order chi connectivity index (χ1) is 17.6. The molecule has 36 heavy (non-hydrogen) atoms. The van der Waals surface area contributed by atoms with E-state index in [9.17, 15) is 4.79 Å². The number of hydrogen-bond acceptors (Lipinski definition) is 6. The molecular weight excluding hydrogens is 450 g/mol. The van der Waals surface area contributed by atoms with Crippen molar-refractivity contribution in [2.24, 2.45) is 0 Å². The van der Waals surface area contributed by atoms with Crippen LogP contribution in [-0.2, 0) is 17.8 Å². The number of nitrogens with one attached hydrogen (secondary N) is 2. The molecule has 8 nitrogen and oxygen atoms in total. The van der Waals surface area contributed by atoms with Crippen LogP contribution in [0.3, 0.4) is 0 Å². The van der Waals surface area contributed by atoms with Gasteiger partial charge in [-0.15, -0.1) is 0 Å². The maximum absolute atomic E-state index is 11.4. The van der Waals surface area contributed by atoms with E-state index in [0.29, 0.717) is 11.9 Å². The lowest BCUT2D eigenvalue weighted by atomic mass is 9.95. The fourth-order valence-electron chi connectivity index (χ4n) is 5.40. The predicted molar refractivity (Wildman–Crippen MR) is 143 cm³/mol. The maximum atomic E-state index is 11.4. The van der Waals surface area contributed by atoms with Crippen LogP contribution >= 0.6 is 0 Å². The second-order valence-electron chi connectivity index (χ2n) is 9.81. The zero-order chi connectivity index (χ0) is 24.5. The van der Waals surface area contributed by atoms with E-state index in [2.05, 4.69) is 44.4 Å². The Labute approximate surface area is 210 Å². The molecular formula is C28H31N7O. The zero-order valence-electron chi connectivity index (χ0n) is 20.6. The number of amides is 1. The van der Waals surface area contributed by atoms with Gasteiger partial charge in [0.05, 0.1) is 6.33 Å². The number of fused-ring (bicyclic) bond motifs is 2. The lowest BCUT2D eigenvalue weighted by molar-refractivity contribution is -0.114. The van der Waals surface area contributed by atoms with E-state index in [1.807, 2.05) is 30.6 Å². The number of nitrogens with zero attached hydrogens (tertiary/aromatic N) is 5. The molecule has 8 heteroatoms. The van der Waals surface area contributed by atoms with E-state index in [1.54, 1.807) is 0 Å². The number of benzene rings is 2. The number of carbonyl (C=O) groups excluding carboxylic acids is 1. The molecule has 0 spiro atoms. The minimum Gasteiger partial charge on any atom is -0.338 e. The Kier molecular flexibility index (Phi) is 6.01. The quantitative estimate of drug-likeness (QED) is 0.386. The number of imidazole rings is 1. The molecule has 2 N–H and O–H groups in total. The van der Waals surface area contributed by atoms with E-state index in [0.717, 1.165) is 60.8 Å². The fraction of sp³-hybridized carbons (Fsp3) is 0.357. The molecule has 1 saturated carbocycles. The Morgan fingerprint density at radius 1 is 0.944 bits per heavy atom. The summed E-state index contributed by atoms with van der Waals surface area (Å²) < 4.78 is 2.27. The van der Waals surface area contributed by atoms with Crippen molar-refractivity contribution in [3.05, 3.63) is 66.0 Å². The zero-order valence-corrected chi connectivity index (χ0v) is 20.6. The first kappa shape index (κ1) is 22.5. The second-order valence-corrected chi connectivity index (χ2v) is 9.81. The van der Waals surface area contributed by atoms with Gasteiger partial charge in [-0.1, -0.05) is 43.5 Å². The van der Waals surface area contributed by atoms with Crippen molar-refractivity contribution in [3.8, 4) is 0 Å². The Morgan fingerprint density at radius 2 is 1.69 bits per heavy atom. The molecule has 0 radical (unpaired) electrons. The highest BCUT2D eigenvalue weighted by atomic mass is 16.1. The van der Waals surface area contributed by atoms with Gasteiger partial charge in [-0.25, -0.2) is 4.98 Å². The Balaban J connectivity index is 1.38. The van der Waals surface area contributed by atoms with Crippen molar-refractivity contribution >= 4 is 40.2 Å². The Morgan fingerprint density at radius 3 is 2.47 bits per heavy atom. The minimum absolute atomic E-state index is 0.0887. The summed E-state index contributed by atoms with van der Waals surface area (Å²) in [5, 5.41) is 6.29. The lowest BCUT2D eigenvalue weighted by Crippen LogP contribution is -2.32. The van der Waals surface area contributed by atoms with Gasteiger partial charge in [-0.05, 0) is 54.7 Å². The van der Waals surface area contributed by atoms with E-state index >= 15 is 0 Å². The lowest BCUT2D eigenvalue weighted by Gasteiger charge is -2.29. The molecule has 3 heterocycles. The number of aromatic nitrogens is 4. The number of carbonyl (C=O) groups is 1. The van der Waals surface area contributed by atoms with Crippen LogP contribution < -0.4 is 15.5 Å². The standard InChI is InChI=1S/C28H31N7O/c1-19(36)30-22-11-13-23(14-12-22)31-26-25-27(35(18-29-25)24-9-3-2-4-10-24)33-28(32-26)34-16-15-20-7-5-6-8-21(20)17-34/h5-8,11-14,18,24H,2-4,9-10,15-17H2,1H3,(H,30,36)(H,31,32,33). The van der Waals surface area contributed by atoms with Crippen LogP contribution in [0.1, 0.15) is 56.2 Å². The van der Waals surface area contributed by atoms with Crippen molar-refractivity contribution < 1.29 is 4.79 Å². The van der Waals surface area contributed by atoms with E-state index in [4.69, 9.17) is 15.0 Å². The predicted octanol–water partition coefficient (Wildman–Crippen LogP) is 5.60. The summed E-state index contributed by atoms with van der Waals surface area (Å²) in [5.74, 6) is 1.34. The van der Waals surface area contributed by atoms with Gasteiger partial charge in [-0.3, -0.25) is 4.79 Å². The Hall–Kier alpha value is -3.94. The van der Waals surface area contributed by atoms with Gasteiger partial charge < -0.3 is 20.1 Å². The van der Waals surface area contributed by atoms with Crippen molar-refractivity contribution in [1.29, 1.82) is 0 Å². The summed E-state index contributed by atoms with van der Waals surface area (Å²) in [6, 6.07) is 16.7. The van der Waals surface area contributed by atoms with Crippen LogP contribution in [0.2, 0.25) is 0 Å². The van der Waals surface area contributed by atoms with Gasteiger partial charge in [0.15, 0.2) is 17.0 Å². The fourth-order valence-corrected chi connectivity index (χ4v) is 5.40. The molecule has 2 aromatic carbocycles. The number of hydrogen-bond donors (Lipinski definition) is 2. The summed E-state index contributed by atoms with van der Waals surface area (Å²) in [6.45, 7) is 3.18. The van der Waals surface area contributed by atoms with Crippen LogP contribution in [0.5, 0.6) is 0 Å². The number of rotatable bonds is 5. The average molecular weight is 482 g/mol.